The number of benzene rings is 3. The summed E-state index contributed by atoms with van der Waals surface area (Å²) < 4.78 is 0. The number of rotatable bonds is 5. The Kier molecular flexibility index (Phi) is 6.03. The highest BCUT2D eigenvalue weighted by atomic mass is 32.2. The summed E-state index contributed by atoms with van der Waals surface area (Å²) in [5.74, 6) is 0.177. The molecule has 1 aliphatic rings. The third-order valence-corrected chi connectivity index (χ3v) is 7.86. The maximum absolute atomic E-state index is 13.3. The van der Waals surface area contributed by atoms with Crippen molar-refractivity contribution in [3.63, 3.8) is 0 Å². The van der Waals surface area contributed by atoms with Gasteiger partial charge in [-0.3, -0.25) is 14.5 Å². The van der Waals surface area contributed by atoms with E-state index in [2.05, 4.69) is 5.32 Å². The molecule has 4 nitrogen and oxygen atoms in total. The van der Waals surface area contributed by atoms with Crippen molar-refractivity contribution >= 4 is 63.7 Å². The van der Waals surface area contributed by atoms with Gasteiger partial charge in [-0.25, -0.2) is 0 Å². The van der Waals surface area contributed by atoms with Gasteiger partial charge in [0.05, 0.1) is 22.0 Å². The van der Waals surface area contributed by atoms with Gasteiger partial charge in [0.2, 0.25) is 5.91 Å². The molecule has 1 aromatic heterocycles. The molecule has 0 atom stereocenters. The Labute approximate surface area is 198 Å². The molecular weight excluding hydrogens is 456 g/mol. The van der Waals surface area contributed by atoms with Crippen LogP contribution in [0.15, 0.2) is 105 Å². The fourth-order valence-corrected chi connectivity index (χ4v) is 5.93. The normalized spacial score (nSPS) is 12.1. The first kappa shape index (κ1) is 20.9. The highest BCUT2D eigenvalue weighted by molar-refractivity contribution is 8.00. The van der Waals surface area contributed by atoms with Crippen LogP contribution in [-0.2, 0) is 4.79 Å². The second kappa shape index (κ2) is 9.24. The molecule has 0 bridgehead atoms. The quantitative estimate of drug-likeness (QED) is 0.319. The zero-order valence-electron chi connectivity index (χ0n) is 16.9. The van der Waals surface area contributed by atoms with Gasteiger partial charge < -0.3 is 5.32 Å². The molecule has 0 fully saturated rings. The second-order valence-electron chi connectivity index (χ2n) is 7.01. The lowest BCUT2D eigenvalue weighted by Gasteiger charge is -2.31. The van der Waals surface area contributed by atoms with Crippen LogP contribution >= 0.6 is 34.9 Å². The van der Waals surface area contributed by atoms with Crippen LogP contribution < -0.4 is 10.2 Å². The lowest BCUT2D eigenvalue weighted by Crippen LogP contribution is -2.29. The van der Waals surface area contributed by atoms with Gasteiger partial charge in [0.15, 0.2) is 0 Å². The van der Waals surface area contributed by atoms with E-state index in [1.54, 1.807) is 17.8 Å². The van der Waals surface area contributed by atoms with E-state index in [4.69, 9.17) is 0 Å². The number of hydrogen-bond acceptors (Lipinski definition) is 5. The standard InChI is InChI=1S/C25H18N2O2S3/c28-24(27-19-9-1-3-11-21(19)32-22-12-4-2-10-20(22)27)16-31-18-8-5-7-17(15-18)26-25(29)23-13-6-14-30-23/h1-15H,16H2,(H,26,29). The Morgan fingerprint density at radius 2 is 1.56 bits per heavy atom. The zero-order chi connectivity index (χ0) is 21.9. The number of fused-ring (bicyclic) bond motifs is 2. The summed E-state index contributed by atoms with van der Waals surface area (Å²) in [6.45, 7) is 0. The summed E-state index contributed by atoms with van der Waals surface area (Å²) in [7, 11) is 0. The Balaban J connectivity index is 1.32. The Morgan fingerprint density at radius 3 is 2.25 bits per heavy atom. The summed E-state index contributed by atoms with van der Waals surface area (Å²) in [5, 5.41) is 4.80. The minimum absolute atomic E-state index is 0.0169. The summed E-state index contributed by atoms with van der Waals surface area (Å²) in [6.07, 6.45) is 0. The van der Waals surface area contributed by atoms with E-state index in [1.807, 2.05) is 89.1 Å². The van der Waals surface area contributed by atoms with Gasteiger partial charge in [-0.2, -0.15) is 0 Å². The van der Waals surface area contributed by atoms with Crippen molar-refractivity contribution in [2.75, 3.05) is 16.0 Å². The molecule has 1 N–H and O–H groups in total. The van der Waals surface area contributed by atoms with Crippen molar-refractivity contribution in [2.45, 2.75) is 14.7 Å². The maximum atomic E-state index is 13.3. The first-order valence-corrected chi connectivity index (χ1v) is 12.6. The predicted molar refractivity (Wildman–Crippen MR) is 134 cm³/mol. The van der Waals surface area contributed by atoms with Crippen LogP contribution in [0.3, 0.4) is 0 Å². The van der Waals surface area contributed by atoms with Crippen LogP contribution in [0.5, 0.6) is 0 Å². The van der Waals surface area contributed by atoms with Gasteiger partial charge in [0.25, 0.3) is 5.91 Å². The smallest absolute Gasteiger partial charge is 0.265 e. The Bertz CT molecular complexity index is 1240. The van der Waals surface area contributed by atoms with Gasteiger partial charge >= 0.3 is 0 Å². The number of anilines is 3. The zero-order valence-corrected chi connectivity index (χ0v) is 19.3. The average Bonchev–Trinajstić information content (AvgIpc) is 3.36. The highest BCUT2D eigenvalue weighted by Gasteiger charge is 2.27. The monoisotopic (exact) mass is 474 g/mol. The van der Waals surface area contributed by atoms with Gasteiger partial charge in [-0.05, 0) is 53.9 Å². The Morgan fingerprint density at radius 1 is 0.844 bits per heavy atom. The number of carbonyl (C=O) groups excluding carboxylic acids is 2. The van der Waals surface area contributed by atoms with Gasteiger partial charge in [0, 0.05) is 20.4 Å². The van der Waals surface area contributed by atoms with Gasteiger partial charge in [0.1, 0.15) is 0 Å². The van der Waals surface area contributed by atoms with Crippen LogP contribution in [0.2, 0.25) is 0 Å². The van der Waals surface area contributed by atoms with E-state index in [9.17, 15) is 9.59 Å². The molecule has 2 amide bonds. The highest BCUT2D eigenvalue weighted by Crippen LogP contribution is 2.48. The van der Waals surface area contributed by atoms with Crippen molar-refractivity contribution in [2.24, 2.45) is 0 Å². The number of nitrogens with zero attached hydrogens (tertiary/aromatic N) is 1. The molecule has 0 unspecified atom stereocenters. The largest absolute Gasteiger partial charge is 0.321 e. The molecule has 0 aliphatic carbocycles. The fraction of sp³-hybridized carbons (Fsp3) is 0.0400. The van der Waals surface area contributed by atoms with E-state index >= 15 is 0 Å². The number of hydrogen-bond donors (Lipinski definition) is 1. The molecule has 5 rings (SSSR count). The Hall–Kier alpha value is -3.00. The third-order valence-electron chi connectivity index (χ3n) is 4.88. The predicted octanol–water partition coefficient (Wildman–Crippen LogP) is 6.92. The van der Waals surface area contributed by atoms with Crippen LogP contribution in [0.1, 0.15) is 9.67 Å². The molecule has 0 spiro atoms. The fourth-order valence-electron chi connectivity index (χ4n) is 3.45. The molecule has 0 saturated carbocycles. The summed E-state index contributed by atoms with van der Waals surface area (Å²) in [5.41, 5.74) is 2.54. The van der Waals surface area contributed by atoms with Gasteiger partial charge in [-0.1, -0.05) is 48.2 Å². The SMILES string of the molecule is O=C(Nc1cccc(SCC(=O)N2c3ccccc3Sc3ccccc32)c1)c1cccs1. The van der Waals surface area contributed by atoms with Crippen molar-refractivity contribution in [3.05, 3.63) is 95.2 Å². The molecule has 32 heavy (non-hydrogen) atoms. The molecular formula is C25H18N2O2S3. The molecule has 7 heteroatoms. The van der Waals surface area contributed by atoms with Crippen molar-refractivity contribution in [3.8, 4) is 0 Å². The maximum Gasteiger partial charge on any atom is 0.265 e. The van der Waals surface area contributed by atoms with Crippen LogP contribution in [0.25, 0.3) is 0 Å². The lowest BCUT2D eigenvalue weighted by molar-refractivity contribution is -0.115. The minimum Gasteiger partial charge on any atom is -0.321 e. The van der Waals surface area contributed by atoms with E-state index in [-0.39, 0.29) is 17.6 Å². The van der Waals surface area contributed by atoms with Crippen LogP contribution in [0, 0.1) is 0 Å². The van der Waals surface area contributed by atoms with E-state index < -0.39 is 0 Å². The summed E-state index contributed by atoms with van der Waals surface area (Å²) in [4.78, 5) is 31.2. The average molecular weight is 475 g/mol. The van der Waals surface area contributed by atoms with E-state index in [1.165, 1.54) is 23.1 Å². The first-order valence-electron chi connectivity index (χ1n) is 9.95. The number of thioether (sulfide) groups is 1. The number of thiophene rings is 1. The molecule has 1 aliphatic heterocycles. The van der Waals surface area contributed by atoms with Gasteiger partial charge in [-0.15, -0.1) is 23.1 Å². The molecule has 3 aromatic carbocycles. The van der Waals surface area contributed by atoms with Crippen molar-refractivity contribution in [1.29, 1.82) is 0 Å². The molecule has 158 valence electrons. The second-order valence-corrected chi connectivity index (χ2v) is 10.1. The minimum atomic E-state index is -0.128. The number of amides is 2. The topological polar surface area (TPSA) is 49.4 Å². The van der Waals surface area contributed by atoms with Crippen molar-refractivity contribution in [1.82, 2.24) is 0 Å². The van der Waals surface area contributed by atoms with E-state index in [0.717, 1.165) is 26.1 Å². The number of nitrogens with one attached hydrogen (secondary N) is 1. The molecule has 0 radical (unpaired) electrons. The third kappa shape index (κ3) is 4.32. The first-order chi connectivity index (χ1) is 15.7. The summed E-state index contributed by atoms with van der Waals surface area (Å²) in [6, 6.07) is 27.2. The van der Waals surface area contributed by atoms with Crippen LogP contribution in [0.4, 0.5) is 17.1 Å². The molecule has 4 aromatic rings. The lowest BCUT2D eigenvalue weighted by atomic mass is 10.2. The van der Waals surface area contributed by atoms with E-state index in [0.29, 0.717) is 10.6 Å². The molecule has 2 heterocycles. The molecule has 0 saturated heterocycles. The van der Waals surface area contributed by atoms with Crippen molar-refractivity contribution < 1.29 is 9.59 Å². The number of carbonyl (C=O) groups is 2. The van der Waals surface area contributed by atoms with Crippen LogP contribution in [-0.4, -0.2) is 17.6 Å². The summed E-state index contributed by atoms with van der Waals surface area (Å²) >= 11 is 4.55. The number of para-hydroxylation sites is 2.